The molecule has 2 saturated heterocycles. The van der Waals surface area contributed by atoms with Crippen LogP contribution in [0.2, 0.25) is 0 Å². The zero-order chi connectivity index (χ0) is 24.2. The number of piperidine rings is 1. The van der Waals surface area contributed by atoms with E-state index in [4.69, 9.17) is 25.9 Å². The van der Waals surface area contributed by atoms with Gasteiger partial charge in [-0.15, -0.1) is 6.58 Å². The van der Waals surface area contributed by atoms with E-state index in [-0.39, 0.29) is 23.1 Å². The smallest absolute Gasteiger partial charge is 0.175 e. The summed E-state index contributed by atoms with van der Waals surface area (Å²) in [6.45, 7) is 6.94. The number of aromatic nitrogens is 3. The van der Waals surface area contributed by atoms with Gasteiger partial charge in [-0.25, -0.2) is 15.0 Å². The van der Waals surface area contributed by atoms with Crippen LogP contribution in [0.25, 0.3) is 0 Å². The van der Waals surface area contributed by atoms with Crippen LogP contribution in [0, 0.1) is 5.41 Å². The number of hydrogen-bond donors (Lipinski definition) is 2. The second-order valence-electron chi connectivity index (χ2n) is 10.3. The topological polar surface area (TPSA) is 116 Å². The van der Waals surface area contributed by atoms with Crippen LogP contribution in [-0.4, -0.2) is 66.0 Å². The van der Waals surface area contributed by atoms with Crippen molar-refractivity contribution in [3.63, 3.8) is 0 Å². The minimum absolute atomic E-state index is 0.00970. The third kappa shape index (κ3) is 3.65. The Hall–Kier alpha value is -2.56. The Kier molecular flexibility index (Phi) is 5.58. The molecule has 2 aromatic rings. The maximum atomic E-state index is 6.50. The van der Waals surface area contributed by atoms with Gasteiger partial charge in [0.25, 0.3) is 0 Å². The Morgan fingerprint density at radius 2 is 2.00 bits per heavy atom. The average molecular weight is 496 g/mol. The molecule has 1 saturated carbocycles. The molecular formula is C25H33N7O2S. The van der Waals surface area contributed by atoms with Crippen LogP contribution < -0.4 is 26.0 Å². The second-order valence-corrected chi connectivity index (χ2v) is 11.3. The third-order valence-electron chi connectivity index (χ3n) is 8.55. The Morgan fingerprint density at radius 1 is 1.20 bits per heavy atom. The van der Waals surface area contributed by atoms with Gasteiger partial charge in [0.1, 0.15) is 17.5 Å². The molecule has 0 aromatic carbocycles. The monoisotopic (exact) mass is 495 g/mol. The number of nitrogen functional groups attached to an aromatic ring is 1. The predicted octanol–water partition coefficient (Wildman–Crippen LogP) is 2.86. The molecule has 10 heteroatoms. The van der Waals surface area contributed by atoms with Crippen LogP contribution in [0.3, 0.4) is 0 Å². The van der Waals surface area contributed by atoms with Crippen LogP contribution in [0.4, 0.5) is 17.5 Å². The lowest BCUT2D eigenvalue weighted by atomic mass is 9.73. The van der Waals surface area contributed by atoms with E-state index in [1.807, 2.05) is 24.5 Å². The van der Waals surface area contributed by atoms with E-state index in [1.165, 1.54) is 18.2 Å². The number of nitrogens with zero attached hydrogens (tertiary/aromatic N) is 5. The molecule has 35 heavy (non-hydrogen) atoms. The standard InChI is InChI=1S/C25H33N7O2S/c1-3-16-20(26)24(14-33-16)8-11-32(12-9-24)18-13-29-23(21(27)30-18)35-17-5-10-28-22-19(17)34-15-25(31(22)2)6-4-7-25/h3,5,10,13,16,20H,1,4,6-9,11-12,14-15,26H2,2H3,(H2,27,30)/t16-,20+/m0/s1. The first-order valence-electron chi connectivity index (χ1n) is 12.4. The average Bonchev–Trinajstić information content (AvgIpc) is 3.15. The Bertz CT molecular complexity index is 1130. The quantitative estimate of drug-likeness (QED) is 0.613. The highest BCUT2D eigenvalue weighted by molar-refractivity contribution is 7.99. The van der Waals surface area contributed by atoms with E-state index in [2.05, 4.69) is 33.4 Å². The molecule has 0 bridgehead atoms. The molecule has 0 unspecified atom stereocenters. The fourth-order valence-corrected chi connectivity index (χ4v) is 6.71. The summed E-state index contributed by atoms with van der Waals surface area (Å²) in [5, 5.41) is 0.672. The number of pyridine rings is 1. The number of hydrogen-bond acceptors (Lipinski definition) is 10. The van der Waals surface area contributed by atoms with Gasteiger partial charge < -0.3 is 30.7 Å². The molecule has 3 fully saturated rings. The maximum Gasteiger partial charge on any atom is 0.175 e. The number of ether oxygens (including phenoxy) is 2. The van der Waals surface area contributed by atoms with Crippen molar-refractivity contribution in [2.75, 3.05) is 48.9 Å². The number of likely N-dealkylation sites (N-methyl/N-ethyl adjacent to an activating group) is 1. The molecule has 5 heterocycles. The molecule has 4 N–H and O–H groups in total. The van der Waals surface area contributed by atoms with Crippen molar-refractivity contribution in [3.05, 3.63) is 31.1 Å². The van der Waals surface area contributed by atoms with Crippen molar-refractivity contribution in [1.82, 2.24) is 15.0 Å². The first kappa shape index (κ1) is 22.9. The number of nitrogens with two attached hydrogens (primary N) is 2. The van der Waals surface area contributed by atoms with Gasteiger partial charge in [0.2, 0.25) is 0 Å². The molecule has 2 atom stereocenters. The van der Waals surface area contributed by atoms with Crippen molar-refractivity contribution in [1.29, 1.82) is 0 Å². The highest BCUT2D eigenvalue weighted by Crippen LogP contribution is 2.49. The minimum Gasteiger partial charge on any atom is -0.486 e. The van der Waals surface area contributed by atoms with Crippen LogP contribution >= 0.6 is 11.8 Å². The van der Waals surface area contributed by atoms with E-state index >= 15 is 0 Å². The summed E-state index contributed by atoms with van der Waals surface area (Å²) in [4.78, 5) is 19.5. The molecule has 186 valence electrons. The first-order valence-corrected chi connectivity index (χ1v) is 13.2. The summed E-state index contributed by atoms with van der Waals surface area (Å²) in [5.41, 5.74) is 13.0. The summed E-state index contributed by atoms with van der Waals surface area (Å²) >= 11 is 1.48. The minimum atomic E-state index is -0.0600. The summed E-state index contributed by atoms with van der Waals surface area (Å²) in [7, 11) is 2.12. The normalized spacial score (nSPS) is 26.3. The largest absolute Gasteiger partial charge is 0.486 e. The Morgan fingerprint density at radius 3 is 2.66 bits per heavy atom. The molecule has 6 rings (SSSR count). The van der Waals surface area contributed by atoms with Crippen molar-refractivity contribution in [2.45, 2.75) is 59.7 Å². The third-order valence-corrected chi connectivity index (χ3v) is 9.60. The molecule has 3 aliphatic heterocycles. The fraction of sp³-hybridized carbons (Fsp3) is 0.560. The van der Waals surface area contributed by atoms with Gasteiger partial charge in [0, 0.05) is 37.8 Å². The molecule has 2 spiro atoms. The van der Waals surface area contributed by atoms with Crippen molar-refractivity contribution in [3.8, 4) is 5.75 Å². The van der Waals surface area contributed by atoms with Gasteiger partial charge >= 0.3 is 0 Å². The van der Waals surface area contributed by atoms with E-state index in [0.29, 0.717) is 24.1 Å². The van der Waals surface area contributed by atoms with Crippen LogP contribution in [0.1, 0.15) is 32.1 Å². The lowest BCUT2D eigenvalue weighted by Crippen LogP contribution is -2.58. The zero-order valence-electron chi connectivity index (χ0n) is 20.2. The summed E-state index contributed by atoms with van der Waals surface area (Å²) in [5.74, 6) is 2.91. The van der Waals surface area contributed by atoms with Crippen molar-refractivity contribution < 1.29 is 9.47 Å². The molecule has 2 aromatic heterocycles. The van der Waals surface area contributed by atoms with Crippen molar-refractivity contribution in [2.24, 2.45) is 11.1 Å². The highest BCUT2D eigenvalue weighted by Gasteiger charge is 2.48. The van der Waals surface area contributed by atoms with Crippen LogP contribution in [0.15, 0.2) is 41.0 Å². The molecule has 0 radical (unpaired) electrons. The van der Waals surface area contributed by atoms with Crippen LogP contribution in [-0.2, 0) is 4.74 Å². The summed E-state index contributed by atoms with van der Waals surface area (Å²) in [6.07, 6.45) is 10.8. The second kappa shape index (κ2) is 8.53. The van der Waals surface area contributed by atoms with E-state index in [1.54, 1.807) is 0 Å². The van der Waals surface area contributed by atoms with Gasteiger partial charge in [-0.3, -0.25) is 0 Å². The summed E-state index contributed by atoms with van der Waals surface area (Å²) in [6, 6.07) is 1.95. The molecule has 4 aliphatic rings. The van der Waals surface area contributed by atoms with E-state index in [9.17, 15) is 0 Å². The lowest BCUT2D eigenvalue weighted by Gasteiger charge is -2.51. The molecule has 1 aliphatic carbocycles. The van der Waals surface area contributed by atoms with E-state index < -0.39 is 0 Å². The SMILES string of the molecule is C=C[C@@H]1OCC2(CCN(c3cnc(Sc4ccnc5c4OCC4(CCC4)N5C)c(N)n3)CC2)[C@@H]1N. The Labute approximate surface area is 210 Å². The number of rotatable bonds is 4. The van der Waals surface area contributed by atoms with Gasteiger partial charge in [0.15, 0.2) is 17.4 Å². The molecular weight excluding hydrogens is 462 g/mol. The first-order chi connectivity index (χ1) is 16.9. The van der Waals surface area contributed by atoms with Crippen molar-refractivity contribution >= 4 is 29.2 Å². The lowest BCUT2D eigenvalue weighted by molar-refractivity contribution is 0.109. The van der Waals surface area contributed by atoms with Gasteiger partial charge in [-0.05, 0) is 38.2 Å². The number of anilines is 3. The molecule has 9 nitrogen and oxygen atoms in total. The van der Waals surface area contributed by atoms with Gasteiger partial charge in [-0.1, -0.05) is 17.8 Å². The Balaban J connectivity index is 1.16. The molecule has 0 amide bonds. The van der Waals surface area contributed by atoms with Gasteiger partial charge in [0.05, 0.1) is 29.3 Å². The zero-order valence-corrected chi connectivity index (χ0v) is 21.0. The van der Waals surface area contributed by atoms with Gasteiger partial charge in [-0.2, -0.15) is 0 Å². The van der Waals surface area contributed by atoms with Crippen LogP contribution in [0.5, 0.6) is 5.75 Å². The predicted molar refractivity (Wildman–Crippen MR) is 137 cm³/mol. The fourth-order valence-electron chi connectivity index (χ4n) is 5.87. The summed E-state index contributed by atoms with van der Waals surface area (Å²) < 4.78 is 12.1. The maximum absolute atomic E-state index is 6.50. The van der Waals surface area contributed by atoms with E-state index in [0.717, 1.165) is 61.1 Å². The number of fused-ring (bicyclic) bond motifs is 1. The highest BCUT2D eigenvalue weighted by atomic mass is 32.2.